The second kappa shape index (κ2) is 25.0. The number of rotatable bonds is 25. The zero-order valence-electron chi connectivity index (χ0n) is 33.6. The fraction of sp³-hybridized carbons (Fsp3) is 0.526. The quantitative estimate of drug-likeness (QED) is 0.0465. The van der Waals surface area contributed by atoms with Gasteiger partial charge in [0, 0.05) is 25.0 Å². The van der Waals surface area contributed by atoms with E-state index in [1.807, 2.05) is 0 Å². The summed E-state index contributed by atoms with van der Waals surface area (Å²) in [5, 5.41) is 26.3. The van der Waals surface area contributed by atoms with E-state index in [2.05, 4.69) is 37.2 Å². The lowest BCUT2D eigenvalue weighted by Crippen LogP contribution is -2.60. The van der Waals surface area contributed by atoms with E-state index in [0.717, 1.165) is 12.2 Å². The molecular formula is C38H57N9O11. The third-order valence-corrected chi connectivity index (χ3v) is 8.34. The lowest BCUT2D eigenvalue weighted by Gasteiger charge is -2.29. The Morgan fingerprint density at radius 1 is 0.621 bits per heavy atom. The van der Waals surface area contributed by atoms with Crippen molar-refractivity contribution in [2.75, 3.05) is 13.1 Å². The first-order valence-corrected chi connectivity index (χ1v) is 18.7. The average molecular weight is 816 g/mol. The van der Waals surface area contributed by atoms with Crippen molar-refractivity contribution in [1.29, 1.82) is 0 Å². The van der Waals surface area contributed by atoms with Crippen molar-refractivity contribution < 1.29 is 53.1 Å². The first-order chi connectivity index (χ1) is 27.1. The molecule has 0 spiro atoms. The SMILES string of the molecule is CC(C)CC(NC(=O)C(CCC(N)=O)NC(=O)C=CC(=O)NCC(=O)NCC(=O)NC(Cc1ccccc1)C(=O)O)C(=O)NC(C(=O)NC(C(N)=O)C(C)C)C(C)C. The zero-order chi connectivity index (χ0) is 44.1. The maximum atomic E-state index is 13.5. The summed E-state index contributed by atoms with van der Waals surface area (Å²) in [5.41, 5.74) is 11.4. The Hall–Kier alpha value is -6.34. The number of nitrogens with two attached hydrogens (primary N) is 2. The number of hydrogen-bond acceptors (Lipinski definition) is 10. The summed E-state index contributed by atoms with van der Waals surface area (Å²) in [7, 11) is 0. The predicted molar refractivity (Wildman–Crippen MR) is 209 cm³/mol. The third kappa shape index (κ3) is 19.5. The van der Waals surface area contributed by atoms with E-state index >= 15 is 0 Å². The number of primary amides is 2. The van der Waals surface area contributed by atoms with Crippen LogP contribution in [0.5, 0.6) is 0 Å². The lowest BCUT2D eigenvalue weighted by atomic mass is 9.98. The molecule has 20 heteroatoms. The van der Waals surface area contributed by atoms with Gasteiger partial charge >= 0.3 is 5.97 Å². The van der Waals surface area contributed by atoms with Gasteiger partial charge < -0.3 is 53.8 Å². The maximum Gasteiger partial charge on any atom is 0.326 e. The Morgan fingerprint density at radius 3 is 1.71 bits per heavy atom. The highest BCUT2D eigenvalue weighted by Gasteiger charge is 2.33. The summed E-state index contributed by atoms with van der Waals surface area (Å²) in [6.45, 7) is 9.09. The summed E-state index contributed by atoms with van der Waals surface area (Å²) in [4.78, 5) is 125. The minimum atomic E-state index is -1.41. The van der Waals surface area contributed by atoms with E-state index in [9.17, 15) is 53.1 Å². The number of carbonyl (C=O) groups excluding carboxylic acids is 9. The zero-order valence-corrected chi connectivity index (χ0v) is 33.6. The fourth-order valence-corrected chi connectivity index (χ4v) is 5.26. The molecule has 5 unspecified atom stereocenters. The molecule has 0 saturated heterocycles. The van der Waals surface area contributed by atoms with E-state index in [1.54, 1.807) is 71.9 Å². The molecule has 0 aromatic heterocycles. The summed E-state index contributed by atoms with van der Waals surface area (Å²) in [6, 6.07) is 2.61. The Bertz CT molecular complexity index is 1670. The van der Waals surface area contributed by atoms with Crippen LogP contribution in [0.4, 0.5) is 0 Å². The van der Waals surface area contributed by atoms with Gasteiger partial charge in [-0.3, -0.25) is 43.2 Å². The van der Waals surface area contributed by atoms with Crippen LogP contribution in [0.25, 0.3) is 0 Å². The highest BCUT2D eigenvalue weighted by Crippen LogP contribution is 2.11. The minimum Gasteiger partial charge on any atom is -0.480 e. The molecule has 0 radical (unpaired) electrons. The molecule has 12 N–H and O–H groups in total. The standard InChI is InChI=1S/C38H57N9O11/c1-20(2)16-25(36(55)47-33(22(5)6)37(56)46-32(21(3)4)34(40)53)45-35(54)24(12-13-27(39)48)43-29(50)15-14-28(49)41-18-30(51)42-19-31(52)44-26(38(57)58)17-23-10-8-7-9-11-23/h7-11,14-15,20-22,24-26,32-33H,12-13,16-19H2,1-6H3,(H2,39,48)(H2,40,53)(H,41,49)(H,42,51)(H,43,50)(H,44,52)(H,45,54)(H,46,56)(H,47,55)(H,57,58). The van der Waals surface area contributed by atoms with E-state index in [1.165, 1.54) is 0 Å². The number of amides is 9. The number of aliphatic carboxylic acids is 1. The van der Waals surface area contributed by atoms with Gasteiger partial charge in [-0.2, -0.15) is 0 Å². The molecule has 5 atom stereocenters. The Morgan fingerprint density at radius 2 is 1.17 bits per heavy atom. The molecule has 0 aliphatic carbocycles. The Kier molecular flexibility index (Phi) is 21.4. The summed E-state index contributed by atoms with van der Waals surface area (Å²) < 4.78 is 0. The topological polar surface area (TPSA) is 327 Å². The number of hydrogen-bond donors (Lipinski definition) is 10. The van der Waals surface area contributed by atoms with Gasteiger partial charge in [0.15, 0.2) is 0 Å². The molecule has 58 heavy (non-hydrogen) atoms. The highest BCUT2D eigenvalue weighted by molar-refractivity contribution is 6.00. The van der Waals surface area contributed by atoms with Gasteiger partial charge in [0.25, 0.3) is 0 Å². The summed E-state index contributed by atoms with van der Waals surface area (Å²) >= 11 is 0. The molecule has 0 saturated carbocycles. The molecule has 1 rings (SSSR count). The number of carbonyl (C=O) groups is 10. The van der Waals surface area contributed by atoms with Crippen molar-refractivity contribution in [2.24, 2.45) is 29.2 Å². The number of carboxylic acids is 1. The molecule has 1 aromatic carbocycles. The number of benzene rings is 1. The van der Waals surface area contributed by atoms with Gasteiger partial charge in [0.2, 0.25) is 53.2 Å². The smallest absolute Gasteiger partial charge is 0.326 e. The maximum absolute atomic E-state index is 13.5. The largest absolute Gasteiger partial charge is 0.480 e. The van der Waals surface area contributed by atoms with Gasteiger partial charge in [-0.1, -0.05) is 71.9 Å². The van der Waals surface area contributed by atoms with Gasteiger partial charge in [0.05, 0.1) is 13.1 Å². The molecule has 20 nitrogen and oxygen atoms in total. The predicted octanol–water partition coefficient (Wildman–Crippen LogP) is -2.36. The van der Waals surface area contributed by atoms with Crippen LogP contribution in [0.3, 0.4) is 0 Å². The van der Waals surface area contributed by atoms with Crippen LogP contribution in [0.1, 0.15) is 66.4 Å². The normalized spacial score (nSPS) is 13.7. The highest BCUT2D eigenvalue weighted by atomic mass is 16.4. The Labute approximate surface area is 336 Å². The van der Waals surface area contributed by atoms with Crippen LogP contribution in [0.2, 0.25) is 0 Å². The van der Waals surface area contributed by atoms with Crippen LogP contribution in [0.15, 0.2) is 42.5 Å². The van der Waals surface area contributed by atoms with Crippen LogP contribution in [0, 0.1) is 17.8 Å². The molecule has 0 heterocycles. The first kappa shape index (κ1) is 49.7. The molecule has 9 amide bonds. The molecule has 0 fully saturated rings. The van der Waals surface area contributed by atoms with Crippen LogP contribution in [-0.4, -0.2) is 108 Å². The van der Waals surface area contributed by atoms with E-state index in [0.29, 0.717) is 5.56 Å². The van der Waals surface area contributed by atoms with Gasteiger partial charge in [0.1, 0.15) is 30.2 Å². The third-order valence-electron chi connectivity index (χ3n) is 8.34. The summed E-state index contributed by atoms with van der Waals surface area (Å²) in [6.07, 6.45) is 1.01. The monoisotopic (exact) mass is 815 g/mol. The molecule has 1 aromatic rings. The van der Waals surface area contributed by atoms with Crippen LogP contribution >= 0.6 is 0 Å². The first-order valence-electron chi connectivity index (χ1n) is 18.7. The van der Waals surface area contributed by atoms with Crippen LogP contribution in [-0.2, 0) is 54.4 Å². The average Bonchev–Trinajstić information content (AvgIpc) is 3.13. The Balaban J connectivity index is 2.87. The van der Waals surface area contributed by atoms with E-state index < -0.39 is 108 Å². The summed E-state index contributed by atoms with van der Waals surface area (Å²) in [5.74, 6) is -9.45. The van der Waals surface area contributed by atoms with Gasteiger partial charge in [-0.25, -0.2) is 4.79 Å². The lowest BCUT2D eigenvalue weighted by molar-refractivity contribution is -0.141. The molecule has 0 aliphatic heterocycles. The van der Waals surface area contributed by atoms with E-state index in [-0.39, 0.29) is 37.5 Å². The molecular weight excluding hydrogens is 758 g/mol. The minimum absolute atomic E-state index is 0.0131. The fourth-order valence-electron chi connectivity index (χ4n) is 5.26. The van der Waals surface area contributed by atoms with Crippen molar-refractivity contribution in [1.82, 2.24) is 37.2 Å². The number of nitrogens with one attached hydrogen (secondary N) is 7. The van der Waals surface area contributed by atoms with Crippen molar-refractivity contribution in [3.63, 3.8) is 0 Å². The molecule has 320 valence electrons. The van der Waals surface area contributed by atoms with Crippen molar-refractivity contribution in [3.8, 4) is 0 Å². The van der Waals surface area contributed by atoms with Gasteiger partial charge in [-0.15, -0.1) is 0 Å². The molecule has 0 aliphatic rings. The second-order valence-corrected chi connectivity index (χ2v) is 14.6. The van der Waals surface area contributed by atoms with Crippen molar-refractivity contribution >= 4 is 59.1 Å². The second-order valence-electron chi connectivity index (χ2n) is 14.6. The van der Waals surface area contributed by atoms with Crippen molar-refractivity contribution in [2.45, 2.75) is 97.4 Å². The molecule has 0 bridgehead atoms. The van der Waals surface area contributed by atoms with E-state index in [4.69, 9.17) is 11.5 Å². The number of carboxylic acid groups (broad SMARTS) is 1. The van der Waals surface area contributed by atoms with Gasteiger partial charge in [-0.05, 0) is 36.2 Å². The van der Waals surface area contributed by atoms with Crippen molar-refractivity contribution in [3.05, 3.63) is 48.0 Å². The van der Waals surface area contributed by atoms with Crippen LogP contribution < -0.4 is 48.7 Å².